The lowest BCUT2D eigenvalue weighted by Crippen LogP contribution is -2.45. The Labute approximate surface area is 161 Å². The molecule has 8 heteroatoms. The Hall–Kier alpha value is -2.58. The Morgan fingerprint density at radius 1 is 1.22 bits per heavy atom. The molecule has 1 aromatic heterocycles. The van der Waals surface area contributed by atoms with Crippen molar-refractivity contribution < 1.29 is 24.2 Å². The molecule has 7 nitrogen and oxygen atoms in total. The molecule has 2 amide bonds. The zero-order valence-electron chi connectivity index (χ0n) is 15.2. The predicted molar refractivity (Wildman–Crippen MR) is 102 cm³/mol. The number of hydrogen-bond donors (Lipinski definition) is 3. The van der Waals surface area contributed by atoms with Crippen molar-refractivity contribution in [1.29, 1.82) is 0 Å². The zero-order chi connectivity index (χ0) is 19.4. The summed E-state index contributed by atoms with van der Waals surface area (Å²) >= 11 is 1.44. The van der Waals surface area contributed by atoms with Crippen LogP contribution in [-0.2, 0) is 15.2 Å². The van der Waals surface area contributed by atoms with Gasteiger partial charge in [0.2, 0.25) is 0 Å². The standard InChI is InChI=1S/C19H22N2O5S/c1-25-13-7-8-14(15(10-13)26-2)21-18(23)17(22)20-11-19(24,12-5-6-12)16-4-3-9-27-16/h3-4,7-10,12,24H,5-6,11H2,1-2H3,(H,20,22)(H,21,23). The Balaban J connectivity index is 1.63. The van der Waals surface area contributed by atoms with Crippen LogP contribution in [0, 0.1) is 5.92 Å². The Kier molecular flexibility index (Phi) is 5.67. The molecule has 0 radical (unpaired) electrons. The first kappa shape index (κ1) is 19.2. The fourth-order valence-electron chi connectivity index (χ4n) is 2.89. The number of rotatable bonds is 7. The van der Waals surface area contributed by atoms with Crippen LogP contribution >= 0.6 is 11.3 Å². The average molecular weight is 390 g/mol. The van der Waals surface area contributed by atoms with E-state index in [9.17, 15) is 14.7 Å². The van der Waals surface area contributed by atoms with Gasteiger partial charge in [-0.2, -0.15) is 0 Å². The Morgan fingerprint density at radius 2 is 2.00 bits per heavy atom. The molecule has 2 aromatic rings. The Morgan fingerprint density at radius 3 is 2.59 bits per heavy atom. The highest BCUT2D eigenvalue weighted by atomic mass is 32.1. The van der Waals surface area contributed by atoms with Gasteiger partial charge in [0.1, 0.15) is 17.1 Å². The van der Waals surface area contributed by atoms with Crippen LogP contribution in [0.5, 0.6) is 11.5 Å². The van der Waals surface area contributed by atoms with Crippen LogP contribution < -0.4 is 20.1 Å². The average Bonchev–Trinajstić information content (AvgIpc) is 3.40. The second-order valence-electron chi connectivity index (χ2n) is 6.38. The first-order valence-corrected chi connectivity index (χ1v) is 9.43. The summed E-state index contributed by atoms with van der Waals surface area (Å²) in [7, 11) is 2.98. The van der Waals surface area contributed by atoms with Gasteiger partial charge < -0.3 is 25.2 Å². The third-order valence-corrected chi connectivity index (χ3v) is 5.62. The van der Waals surface area contributed by atoms with E-state index < -0.39 is 17.4 Å². The summed E-state index contributed by atoms with van der Waals surface area (Å²) in [5, 5.41) is 18.0. The van der Waals surface area contributed by atoms with Crippen LogP contribution in [-0.4, -0.2) is 37.7 Å². The number of anilines is 1. The molecule has 0 saturated heterocycles. The van der Waals surface area contributed by atoms with Crippen molar-refractivity contribution >= 4 is 28.8 Å². The van der Waals surface area contributed by atoms with Gasteiger partial charge in [0.25, 0.3) is 0 Å². The zero-order valence-corrected chi connectivity index (χ0v) is 16.0. The summed E-state index contributed by atoms with van der Waals surface area (Å²) in [5.41, 5.74) is -0.781. The lowest BCUT2D eigenvalue weighted by molar-refractivity contribution is -0.137. The lowest BCUT2D eigenvalue weighted by Gasteiger charge is -2.27. The second kappa shape index (κ2) is 7.98. The molecule has 1 unspecified atom stereocenters. The molecule has 0 spiro atoms. The van der Waals surface area contributed by atoms with Gasteiger partial charge in [-0.1, -0.05) is 6.07 Å². The molecule has 144 valence electrons. The SMILES string of the molecule is COc1ccc(NC(=O)C(=O)NCC(O)(c2cccs2)C2CC2)c(OC)c1. The maximum atomic E-state index is 12.2. The fourth-order valence-corrected chi connectivity index (χ4v) is 3.80. The maximum Gasteiger partial charge on any atom is 0.313 e. The highest BCUT2D eigenvalue weighted by Crippen LogP contribution is 2.46. The molecule has 1 aliphatic rings. The largest absolute Gasteiger partial charge is 0.497 e. The van der Waals surface area contributed by atoms with Crippen LogP contribution in [0.4, 0.5) is 5.69 Å². The van der Waals surface area contributed by atoms with Gasteiger partial charge in [-0.15, -0.1) is 11.3 Å². The van der Waals surface area contributed by atoms with Crippen molar-refractivity contribution in [3.8, 4) is 11.5 Å². The quantitative estimate of drug-likeness (QED) is 0.629. The molecule has 1 heterocycles. The number of carbonyl (C=O) groups excluding carboxylic acids is 2. The van der Waals surface area contributed by atoms with Crippen molar-refractivity contribution in [3.63, 3.8) is 0 Å². The van der Waals surface area contributed by atoms with E-state index in [0.717, 1.165) is 17.7 Å². The summed E-state index contributed by atoms with van der Waals surface area (Å²) in [5.74, 6) is -0.601. The molecule has 1 fully saturated rings. The normalized spacial score (nSPS) is 15.5. The predicted octanol–water partition coefficient (Wildman–Crippen LogP) is 2.12. The molecule has 1 aliphatic carbocycles. The minimum Gasteiger partial charge on any atom is -0.497 e. The molecule has 0 aliphatic heterocycles. The molecule has 1 saturated carbocycles. The first-order chi connectivity index (χ1) is 13.0. The van der Waals surface area contributed by atoms with Crippen LogP contribution in [0.25, 0.3) is 0 Å². The summed E-state index contributed by atoms with van der Waals surface area (Å²) in [6.07, 6.45) is 1.80. The van der Waals surface area contributed by atoms with Gasteiger partial charge in [0.15, 0.2) is 0 Å². The monoisotopic (exact) mass is 390 g/mol. The molecule has 3 N–H and O–H groups in total. The van der Waals surface area contributed by atoms with Crippen molar-refractivity contribution in [2.24, 2.45) is 5.92 Å². The third-order valence-electron chi connectivity index (χ3n) is 4.58. The van der Waals surface area contributed by atoms with Crippen molar-refractivity contribution in [3.05, 3.63) is 40.6 Å². The molecular weight excluding hydrogens is 368 g/mol. The number of hydrogen-bond acceptors (Lipinski definition) is 6. The smallest absolute Gasteiger partial charge is 0.313 e. The van der Waals surface area contributed by atoms with E-state index in [1.165, 1.54) is 25.6 Å². The minimum atomic E-state index is -1.14. The highest BCUT2D eigenvalue weighted by Gasteiger charge is 2.46. The van der Waals surface area contributed by atoms with Gasteiger partial charge in [0.05, 0.1) is 26.5 Å². The van der Waals surface area contributed by atoms with Crippen LogP contribution in [0.3, 0.4) is 0 Å². The number of ether oxygens (including phenoxy) is 2. The van der Waals surface area contributed by atoms with Gasteiger partial charge in [-0.25, -0.2) is 0 Å². The number of aliphatic hydroxyl groups is 1. The first-order valence-electron chi connectivity index (χ1n) is 8.55. The molecule has 1 aromatic carbocycles. The maximum absolute atomic E-state index is 12.2. The Bertz CT molecular complexity index is 820. The summed E-state index contributed by atoms with van der Waals surface area (Å²) in [6.45, 7) is -0.00974. The third kappa shape index (κ3) is 4.23. The second-order valence-corrected chi connectivity index (χ2v) is 7.33. The van der Waals surface area contributed by atoms with E-state index >= 15 is 0 Å². The van der Waals surface area contributed by atoms with E-state index in [4.69, 9.17) is 9.47 Å². The summed E-state index contributed by atoms with van der Waals surface area (Å²) in [4.78, 5) is 25.3. The van der Waals surface area contributed by atoms with E-state index in [-0.39, 0.29) is 12.5 Å². The summed E-state index contributed by atoms with van der Waals surface area (Å²) in [6, 6.07) is 8.55. The topological polar surface area (TPSA) is 96.9 Å². The number of thiophene rings is 1. The number of methoxy groups -OCH3 is 2. The van der Waals surface area contributed by atoms with Gasteiger partial charge in [0, 0.05) is 10.9 Å². The molecular formula is C19H22N2O5S. The minimum absolute atomic E-state index is 0.00974. The van der Waals surface area contributed by atoms with E-state index in [2.05, 4.69) is 10.6 Å². The van der Waals surface area contributed by atoms with Crippen LogP contribution in [0.1, 0.15) is 17.7 Å². The van der Waals surface area contributed by atoms with Crippen LogP contribution in [0.2, 0.25) is 0 Å². The number of nitrogens with one attached hydrogen (secondary N) is 2. The van der Waals surface area contributed by atoms with Crippen LogP contribution in [0.15, 0.2) is 35.7 Å². The number of benzene rings is 1. The van der Waals surface area contributed by atoms with Crippen molar-refractivity contribution in [2.75, 3.05) is 26.1 Å². The lowest BCUT2D eigenvalue weighted by atomic mass is 9.95. The van der Waals surface area contributed by atoms with Gasteiger partial charge in [-0.3, -0.25) is 9.59 Å². The highest BCUT2D eigenvalue weighted by molar-refractivity contribution is 7.10. The van der Waals surface area contributed by atoms with Gasteiger partial charge >= 0.3 is 11.8 Å². The van der Waals surface area contributed by atoms with E-state index in [1.807, 2.05) is 17.5 Å². The van der Waals surface area contributed by atoms with Gasteiger partial charge in [-0.05, 0) is 42.3 Å². The summed E-state index contributed by atoms with van der Waals surface area (Å²) < 4.78 is 10.3. The number of amides is 2. The van der Waals surface area contributed by atoms with Crippen molar-refractivity contribution in [1.82, 2.24) is 5.32 Å². The van der Waals surface area contributed by atoms with E-state index in [0.29, 0.717) is 17.2 Å². The fraction of sp³-hybridized carbons (Fsp3) is 0.368. The molecule has 27 heavy (non-hydrogen) atoms. The molecule has 1 atom stereocenters. The van der Waals surface area contributed by atoms with Crippen molar-refractivity contribution in [2.45, 2.75) is 18.4 Å². The number of carbonyl (C=O) groups is 2. The van der Waals surface area contributed by atoms with E-state index in [1.54, 1.807) is 18.2 Å². The molecule has 0 bridgehead atoms. The molecule has 3 rings (SSSR count).